The number of nitrogens with zero attached hydrogens (tertiary/aromatic N) is 2. The summed E-state index contributed by atoms with van der Waals surface area (Å²) in [5, 5.41) is 11.0. The van der Waals surface area contributed by atoms with Gasteiger partial charge in [-0.3, -0.25) is 34.2 Å². The average molecular weight is 348 g/mol. The Kier molecular flexibility index (Phi) is 4.69. The second kappa shape index (κ2) is 6.42. The predicted octanol–water partition coefficient (Wildman–Crippen LogP) is 1.35. The van der Waals surface area contributed by atoms with Crippen LogP contribution >= 0.6 is 0 Å². The van der Waals surface area contributed by atoms with Crippen LogP contribution in [0.25, 0.3) is 0 Å². The number of benzene rings is 1. The highest BCUT2D eigenvalue weighted by Crippen LogP contribution is 2.30. The number of nitro benzene ring substituents is 1. The lowest BCUT2D eigenvalue weighted by Gasteiger charge is -2.17. The van der Waals surface area contributed by atoms with E-state index in [-0.39, 0.29) is 16.9 Å². The maximum atomic E-state index is 12.3. The van der Waals surface area contributed by atoms with E-state index in [2.05, 4.69) is 0 Å². The summed E-state index contributed by atoms with van der Waals surface area (Å²) in [6.07, 6.45) is 0. The van der Waals surface area contributed by atoms with Crippen molar-refractivity contribution in [1.82, 2.24) is 4.90 Å². The summed E-state index contributed by atoms with van der Waals surface area (Å²) in [6, 6.07) is 3.66. The molecular formula is C16H16N2O7. The van der Waals surface area contributed by atoms with Gasteiger partial charge in [-0.1, -0.05) is 26.8 Å². The normalized spacial score (nSPS) is 13.6. The first-order valence-electron chi connectivity index (χ1n) is 7.36. The highest BCUT2D eigenvalue weighted by molar-refractivity contribution is 6.24. The summed E-state index contributed by atoms with van der Waals surface area (Å²) in [5.74, 6) is -3.03. The molecule has 0 N–H and O–H groups in total. The Hall–Kier alpha value is -3.10. The molecule has 9 heteroatoms. The number of hydrogen-bond donors (Lipinski definition) is 0. The van der Waals surface area contributed by atoms with Crippen molar-refractivity contribution >= 4 is 29.3 Å². The van der Waals surface area contributed by atoms with Gasteiger partial charge in [-0.25, -0.2) is 0 Å². The second-order valence-electron chi connectivity index (χ2n) is 6.49. The topological polar surface area (TPSA) is 124 Å². The first-order valence-corrected chi connectivity index (χ1v) is 7.36. The van der Waals surface area contributed by atoms with Crippen LogP contribution in [-0.4, -0.2) is 46.5 Å². The predicted molar refractivity (Wildman–Crippen MR) is 83.9 cm³/mol. The van der Waals surface area contributed by atoms with Gasteiger partial charge in [-0.15, -0.1) is 0 Å². The number of ether oxygens (including phenoxy) is 1. The first kappa shape index (κ1) is 18.2. The van der Waals surface area contributed by atoms with E-state index in [4.69, 9.17) is 4.74 Å². The average Bonchev–Trinajstić information content (AvgIpc) is 2.76. The summed E-state index contributed by atoms with van der Waals surface area (Å²) < 4.78 is 4.80. The van der Waals surface area contributed by atoms with E-state index in [1.54, 1.807) is 20.8 Å². The van der Waals surface area contributed by atoms with Crippen molar-refractivity contribution in [2.75, 3.05) is 13.2 Å². The third-order valence-corrected chi connectivity index (χ3v) is 3.66. The Morgan fingerprint density at radius 3 is 2.40 bits per heavy atom. The highest BCUT2D eigenvalue weighted by atomic mass is 16.6. The first-order chi connectivity index (χ1) is 11.5. The number of imide groups is 1. The van der Waals surface area contributed by atoms with E-state index < -0.39 is 47.0 Å². The molecule has 1 aromatic carbocycles. The van der Waals surface area contributed by atoms with Crippen molar-refractivity contribution in [1.29, 1.82) is 0 Å². The molecule has 132 valence electrons. The molecule has 9 nitrogen and oxygen atoms in total. The molecule has 1 aromatic rings. The Morgan fingerprint density at radius 1 is 1.20 bits per heavy atom. The van der Waals surface area contributed by atoms with Crippen LogP contribution in [0.2, 0.25) is 0 Å². The molecule has 1 heterocycles. The number of rotatable bonds is 5. The molecule has 0 aliphatic carbocycles. The highest BCUT2D eigenvalue weighted by Gasteiger charge is 2.42. The zero-order valence-corrected chi connectivity index (χ0v) is 13.9. The Labute approximate surface area is 142 Å². The largest absolute Gasteiger partial charge is 0.456 e. The Morgan fingerprint density at radius 2 is 1.84 bits per heavy atom. The Bertz CT molecular complexity index is 792. The third kappa shape index (κ3) is 3.54. The van der Waals surface area contributed by atoms with Crippen LogP contribution in [0.15, 0.2) is 18.2 Å². The van der Waals surface area contributed by atoms with Gasteiger partial charge < -0.3 is 4.74 Å². The number of fused-ring (bicyclic) bond motifs is 1. The van der Waals surface area contributed by atoms with Gasteiger partial charge >= 0.3 is 5.97 Å². The van der Waals surface area contributed by atoms with E-state index in [0.717, 1.165) is 6.07 Å². The van der Waals surface area contributed by atoms with Crippen LogP contribution in [0.1, 0.15) is 41.5 Å². The molecule has 0 fully saturated rings. The van der Waals surface area contributed by atoms with Crippen molar-refractivity contribution in [3.05, 3.63) is 39.4 Å². The molecule has 0 unspecified atom stereocenters. The minimum atomic E-state index is -0.949. The summed E-state index contributed by atoms with van der Waals surface area (Å²) in [5.41, 5.74) is -1.69. The maximum absolute atomic E-state index is 12.3. The van der Waals surface area contributed by atoms with Crippen LogP contribution in [-0.2, 0) is 14.3 Å². The van der Waals surface area contributed by atoms with E-state index in [1.165, 1.54) is 12.1 Å². The van der Waals surface area contributed by atoms with Crippen LogP contribution < -0.4 is 0 Å². The van der Waals surface area contributed by atoms with Crippen LogP contribution in [0.5, 0.6) is 0 Å². The lowest BCUT2D eigenvalue weighted by Crippen LogP contribution is -2.37. The second-order valence-corrected chi connectivity index (χ2v) is 6.49. The molecule has 0 saturated carbocycles. The molecule has 2 rings (SSSR count). The number of Topliss-reactive ketones (excluding diaryl/α,β-unsaturated/α-hetero) is 1. The molecule has 2 amide bonds. The molecule has 0 saturated heterocycles. The SMILES string of the molecule is CC(C)(C)C(=O)COC(=O)CN1C(=O)c2cccc([N+](=O)[O-])c2C1=O. The molecule has 0 atom stereocenters. The van der Waals surface area contributed by atoms with Gasteiger partial charge in [0.25, 0.3) is 17.5 Å². The summed E-state index contributed by atoms with van der Waals surface area (Å²) in [7, 11) is 0. The van der Waals surface area contributed by atoms with Gasteiger partial charge in [0, 0.05) is 11.5 Å². The lowest BCUT2D eigenvalue weighted by molar-refractivity contribution is -0.385. The minimum Gasteiger partial charge on any atom is -0.456 e. The molecule has 0 radical (unpaired) electrons. The fourth-order valence-corrected chi connectivity index (χ4v) is 2.15. The minimum absolute atomic E-state index is 0.141. The number of carbonyl (C=O) groups is 4. The maximum Gasteiger partial charge on any atom is 0.326 e. The van der Waals surface area contributed by atoms with E-state index >= 15 is 0 Å². The van der Waals surface area contributed by atoms with Crippen molar-refractivity contribution < 1.29 is 28.8 Å². The quantitative estimate of drug-likeness (QED) is 0.340. The zero-order chi connectivity index (χ0) is 18.9. The van der Waals surface area contributed by atoms with Crippen molar-refractivity contribution in [2.45, 2.75) is 20.8 Å². The molecule has 0 spiro atoms. The molecular weight excluding hydrogens is 332 g/mol. The van der Waals surface area contributed by atoms with Gasteiger partial charge in [-0.2, -0.15) is 0 Å². The van der Waals surface area contributed by atoms with Gasteiger partial charge in [0.05, 0.1) is 10.5 Å². The number of nitro groups is 1. The molecule has 25 heavy (non-hydrogen) atoms. The Balaban J connectivity index is 2.12. The number of esters is 1. The fraction of sp³-hybridized carbons (Fsp3) is 0.375. The van der Waals surface area contributed by atoms with Gasteiger partial charge in [0.2, 0.25) is 0 Å². The third-order valence-electron chi connectivity index (χ3n) is 3.66. The zero-order valence-electron chi connectivity index (χ0n) is 13.9. The molecule has 1 aliphatic rings. The van der Waals surface area contributed by atoms with Crippen LogP contribution in [0.4, 0.5) is 5.69 Å². The number of hydrogen-bond acceptors (Lipinski definition) is 7. The molecule has 1 aliphatic heterocycles. The van der Waals surface area contributed by atoms with E-state index in [1.807, 2.05) is 0 Å². The van der Waals surface area contributed by atoms with Crippen molar-refractivity contribution in [3.63, 3.8) is 0 Å². The monoisotopic (exact) mass is 348 g/mol. The molecule has 0 aromatic heterocycles. The van der Waals surface area contributed by atoms with Gasteiger partial charge in [0.1, 0.15) is 12.1 Å². The summed E-state index contributed by atoms with van der Waals surface area (Å²) in [6.45, 7) is 3.78. The summed E-state index contributed by atoms with van der Waals surface area (Å²) in [4.78, 5) is 58.9. The number of ketones is 1. The van der Waals surface area contributed by atoms with E-state index in [9.17, 15) is 29.3 Å². The lowest BCUT2D eigenvalue weighted by atomic mass is 9.91. The summed E-state index contributed by atoms with van der Waals surface area (Å²) >= 11 is 0. The standard InChI is InChI=1S/C16H16N2O7/c1-16(2,3)11(19)8-25-12(20)7-17-14(21)9-5-4-6-10(18(23)24)13(9)15(17)22/h4-6H,7-8H2,1-3H3. The van der Waals surface area contributed by atoms with Crippen molar-refractivity contribution in [3.8, 4) is 0 Å². The molecule has 0 bridgehead atoms. The van der Waals surface area contributed by atoms with Crippen LogP contribution in [0, 0.1) is 15.5 Å². The number of amides is 2. The number of carbonyl (C=O) groups excluding carboxylic acids is 4. The smallest absolute Gasteiger partial charge is 0.326 e. The van der Waals surface area contributed by atoms with Gasteiger partial charge in [0.15, 0.2) is 12.4 Å². The van der Waals surface area contributed by atoms with Crippen LogP contribution in [0.3, 0.4) is 0 Å². The fourth-order valence-electron chi connectivity index (χ4n) is 2.15. The van der Waals surface area contributed by atoms with Gasteiger partial charge in [-0.05, 0) is 6.07 Å². The van der Waals surface area contributed by atoms with Crippen molar-refractivity contribution in [2.24, 2.45) is 5.41 Å². The van der Waals surface area contributed by atoms with E-state index in [0.29, 0.717) is 4.90 Å².